The number of thioether (sulfide) groups is 1. The molecule has 4 heteroatoms. The highest BCUT2D eigenvalue weighted by Gasteiger charge is 2.10. The van der Waals surface area contributed by atoms with Crippen molar-refractivity contribution < 1.29 is 9.90 Å². The van der Waals surface area contributed by atoms with Crippen molar-refractivity contribution in [3.63, 3.8) is 0 Å². The second-order valence-electron chi connectivity index (χ2n) is 5.57. The van der Waals surface area contributed by atoms with Crippen LogP contribution >= 0.6 is 11.8 Å². The number of hydrogen-bond donors (Lipinski definition) is 1. The molecular weight excluding hydrogens is 306 g/mol. The monoisotopic (exact) mass is 325 g/mol. The number of carboxylic acid groups (broad SMARTS) is 1. The number of fused-ring (bicyclic) bond motifs is 1. The highest BCUT2D eigenvalue weighted by Crippen LogP contribution is 2.23. The SMILES string of the molecule is CC(SCCc1ccc2cc(-c3ccccc3)cn2c1)C(=O)O. The van der Waals surface area contributed by atoms with Crippen molar-refractivity contribution in [1.82, 2.24) is 4.40 Å². The fourth-order valence-corrected chi connectivity index (χ4v) is 3.37. The molecule has 3 aromatic rings. The third-order valence-corrected chi connectivity index (χ3v) is 5.01. The van der Waals surface area contributed by atoms with E-state index in [1.807, 2.05) is 18.2 Å². The first-order valence-corrected chi connectivity index (χ1v) is 8.69. The van der Waals surface area contributed by atoms with Crippen LogP contribution in [0.4, 0.5) is 0 Å². The van der Waals surface area contributed by atoms with Gasteiger partial charge in [0.2, 0.25) is 0 Å². The minimum Gasteiger partial charge on any atom is -0.480 e. The van der Waals surface area contributed by atoms with Crippen molar-refractivity contribution in [2.75, 3.05) is 5.75 Å². The van der Waals surface area contributed by atoms with Gasteiger partial charge in [-0.15, -0.1) is 11.8 Å². The van der Waals surface area contributed by atoms with Gasteiger partial charge in [-0.2, -0.15) is 0 Å². The van der Waals surface area contributed by atoms with Crippen LogP contribution in [0, 0.1) is 0 Å². The fourth-order valence-electron chi connectivity index (χ4n) is 2.52. The second kappa shape index (κ2) is 6.92. The summed E-state index contributed by atoms with van der Waals surface area (Å²) in [5.74, 6) is 0.0644. The average molecular weight is 325 g/mol. The van der Waals surface area contributed by atoms with Gasteiger partial charge in [-0.3, -0.25) is 4.79 Å². The molecule has 0 fully saturated rings. The van der Waals surface area contributed by atoms with Gasteiger partial charge in [-0.05, 0) is 42.4 Å². The Morgan fingerprint density at radius 3 is 2.65 bits per heavy atom. The van der Waals surface area contributed by atoms with Crippen LogP contribution in [0.15, 0.2) is 60.9 Å². The normalized spacial score (nSPS) is 12.4. The van der Waals surface area contributed by atoms with Crippen molar-refractivity contribution in [3.8, 4) is 11.1 Å². The summed E-state index contributed by atoms with van der Waals surface area (Å²) < 4.78 is 2.14. The molecule has 2 aromatic heterocycles. The van der Waals surface area contributed by atoms with Gasteiger partial charge < -0.3 is 9.51 Å². The summed E-state index contributed by atoms with van der Waals surface area (Å²) in [7, 11) is 0. The molecule has 1 N–H and O–H groups in total. The summed E-state index contributed by atoms with van der Waals surface area (Å²) in [5, 5.41) is 8.55. The molecule has 0 aliphatic heterocycles. The zero-order chi connectivity index (χ0) is 16.2. The molecule has 118 valence electrons. The van der Waals surface area contributed by atoms with Crippen molar-refractivity contribution >= 4 is 23.2 Å². The average Bonchev–Trinajstić information content (AvgIpc) is 2.98. The van der Waals surface area contributed by atoms with Crippen LogP contribution in [-0.2, 0) is 11.2 Å². The largest absolute Gasteiger partial charge is 0.480 e. The predicted molar refractivity (Wildman–Crippen MR) is 96.1 cm³/mol. The Balaban J connectivity index is 1.73. The van der Waals surface area contributed by atoms with E-state index in [9.17, 15) is 4.79 Å². The summed E-state index contributed by atoms with van der Waals surface area (Å²) in [6.45, 7) is 1.73. The quantitative estimate of drug-likeness (QED) is 0.732. The summed E-state index contributed by atoms with van der Waals surface area (Å²) >= 11 is 1.48. The van der Waals surface area contributed by atoms with E-state index in [2.05, 4.69) is 47.1 Å². The van der Waals surface area contributed by atoms with Crippen LogP contribution in [0.3, 0.4) is 0 Å². The minimum absolute atomic E-state index is 0.352. The number of benzene rings is 1. The van der Waals surface area contributed by atoms with Crippen LogP contribution in [0.5, 0.6) is 0 Å². The lowest BCUT2D eigenvalue weighted by molar-refractivity contribution is -0.136. The summed E-state index contributed by atoms with van der Waals surface area (Å²) in [4.78, 5) is 10.8. The lowest BCUT2D eigenvalue weighted by Gasteiger charge is -2.06. The first-order valence-electron chi connectivity index (χ1n) is 7.64. The molecule has 0 aliphatic rings. The van der Waals surface area contributed by atoms with Crippen molar-refractivity contribution in [3.05, 3.63) is 66.5 Å². The number of hydrogen-bond acceptors (Lipinski definition) is 2. The van der Waals surface area contributed by atoms with E-state index in [0.717, 1.165) is 12.2 Å². The third kappa shape index (κ3) is 3.77. The molecule has 0 saturated heterocycles. The highest BCUT2D eigenvalue weighted by atomic mass is 32.2. The van der Waals surface area contributed by atoms with Crippen molar-refractivity contribution in [2.24, 2.45) is 0 Å². The topological polar surface area (TPSA) is 41.7 Å². The summed E-state index contributed by atoms with van der Waals surface area (Å²) in [5.41, 5.74) is 4.80. The molecule has 3 nitrogen and oxygen atoms in total. The predicted octanol–water partition coefficient (Wildman–Crippen LogP) is 4.36. The van der Waals surface area contributed by atoms with Crippen LogP contribution in [0.25, 0.3) is 16.6 Å². The number of aryl methyl sites for hydroxylation is 1. The van der Waals surface area contributed by atoms with Crippen LogP contribution in [-0.4, -0.2) is 26.5 Å². The van der Waals surface area contributed by atoms with Crippen molar-refractivity contribution in [1.29, 1.82) is 0 Å². The van der Waals surface area contributed by atoms with E-state index in [-0.39, 0.29) is 5.25 Å². The number of nitrogens with zero attached hydrogens (tertiary/aromatic N) is 1. The van der Waals surface area contributed by atoms with Crippen LogP contribution in [0.2, 0.25) is 0 Å². The Labute approximate surface area is 140 Å². The molecule has 1 aromatic carbocycles. The molecule has 2 heterocycles. The van der Waals surface area contributed by atoms with Gasteiger partial charge in [0, 0.05) is 23.5 Å². The van der Waals surface area contributed by atoms with Gasteiger partial charge in [0.15, 0.2) is 0 Å². The highest BCUT2D eigenvalue weighted by molar-refractivity contribution is 8.00. The number of carboxylic acids is 1. The van der Waals surface area contributed by atoms with Gasteiger partial charge in [0.05, 0.1) is 5.25 Å². The first-order chi connectivity index (χ1) is 11.1. The maximum Gasteiger partial charge on any atom is 0.316 e. The Hall–Kier alpha value is -2.20. The Morgan fingerprint density at radius 1 is 1.13 bits per heavy atom. The number of pyridine rings is 1. The summed E-state index contributed by atoms with van der Waals surface area (Å²) in [6.07, 6.45) is 5.14. The van der Waals surface area contributed by atoms with Crippen LogP contribution in [0.1, 0.15) is 12.5 Å². The van der Waals surface area contributed by atoms with E-state index in [1.165, 1.54) is 34.0 Å². The minimum atomic E-state index is -0.747. The van der Waals surface area contributed by atoms with Crippen LogP contribution < -0.4 is 0 Å². The van der Waals surface area contributed by atoms with Crippen molar-refractivity contribution in [2.45, 2.75) is 18.6 Å². The molecule has 3 rings (SSSR count). The number of aliphatic carboxylic acids is 1. The van der Waals surface area contributed by atoms with Gasteiger partial charge in [-0.25, -0.2) is 0 Å². The molecule has 0 aliphatic carbocycles. The number of aromatic nitrogens is 1. The smallest absolute Gasteiger partial charge is 0.316 e. The Kier molecular flexibility index (Phi) is 4.72. The lowest BCUT2D eigenvalue weighted by Crippen LogP contribution is -2.12. The molecule has 0 bridgehead atoms. The van der Waals surface area contributed by atoms with Gasteiger partial charge in [0.25, 0.3) is 0 Å². The van der Waals surface area contributed by atoms with Gasteiger partial charge in [-0.1, -0.05) is 36.4 Å². The molecule has 0 spiro atoms. The Morgan fingerprint density at radius 2 is 1.91 bits per heavy atom. The molecule has 0 amide bonds. The lowest BCUT2D eigenvalue weighted by atomic mass is 10.1. The molecule has 0 saturated carbocycles. The first kappa shape index (κ1) is 15.7. The number of rotatable bonds is 6. The third-order valence-electron chi connectivity index (χ3n) is 3.87. The number of carbonyl (C=O) groups is 1. The zero-order valence-corrected chi connectivity index (χ0v) is 13.8. The standard InChI is InChI=1S/C19H19NO2S/c1-14(19(21)22)23-10-9-15-7-8-18-11-17(13-20(18)12-15)16-5-3-2-4-6-16/h2-8,11-14H,9-10H2,1H3,(H,21,22). The molecule has 1 atom stereocenters. The van der Waals surface area contributed by atoms with E-state index < -0.39 is 5.97 Å². The van der Waals surface area contributed by atoms with Gasteiger partial charge in [0.1, 0.15) is 0 Å². The summed E-state index contributed by atoms with van der Waals surface area (Å²) in [6, 6.07) is 16.8. The van der Waals surface area contributed by atoms with E-state index in [1.54, 1.807) is 6.92 Å². The molecule has 0 radical (unpaired) electrons. The Bertz CT molecular complexity index is 811. The van der Waals surface area contributed by atoms with E-state index in [0.29, 0.717) is 0 Å². The van der Waals surface area contributed by atoms with Gasteiger partial charge >= 0.3 is 5.97 Å². The maximum atomic E-state index is 10.8. The molecule has 1 unspecified atom stereocenters. The fraction of sp³-hybridized carbons (Fsp3) is 0.211. The van der Waals surface area contributed by atoms with E-state index in [4.69, 9.17) is 5.11 Å². The second-order valence-corrected chi connectivity index (χ2v) is 7.01. The molecular formula is C19H19NO2S. The van der Waals surface area contributed by atoms with E-state index >= 15 is 0 Å². The zero-order valence-electron chi connectivity index (χ0n) is 13.0. The molecule has 23 heavy (non-hydrogen) atoms. The maximum absolute atomic E-state index is 10.8.